The maximum atomic E-state index is 13.3. The van der Waals surface area contributed by atoms with Gasteiger partial charge in [0, 0.05) is 23.7 Å². The Balaban J connectivity index is 2.40. The highest BCUT2D eigenvalue weighted by molar-refractivity contribution is 5.37. The minimum Gasteiger partial charge on any atom is -0.507 e. The lowest BCUT2D eigenvalue weighted by molar-refractivity contribution is 0.433. The second kappa shape index (κ2) is 3.20. The fourth-order valence-electron chi connectivity index (χ4n) is 1.59. The Morgan fingerprint density at radius 1 is 1.36 bits per heavy atom. The van der Waals surface area contributed by atoms with Crippen LogP contribution < -0.4 is 5.73 Å². The molecule has 1 aliphatic carbocycles. The van der Waals surface area contributed by atoms with Crippen LogP contribution >= 0.6 is 0 Å². The third-order valence-electron chi connectivity index (χ3n) is 2.54. The van der Waals surface area contributed by atoms with Crippen molar-refractivity contribution in [2.45, 2.75) is 18.9 Å². The molecule has 4 heteroatoms. The highest BCUT2D eigenvalue weighted by Gasteiger charge is 2.33. The average molecular weight is 199 g/mol. The van der Waals surface area contributed by atoms with E-state index in [1.165, 1.54) is 0 Å². The zero-order chi connectivity index (χ0) is 10.3. The van der Waals surface area contributed by atoms with Gasteiger partial charge in [0.1, 0.15) is 17.4 Å². The second-order valence-electron chi connectivity index (χ2n) is 3.68. The monoisotopic (exact) mass is 199 g/mol. The Hall–Kier alpha value is -1.16. The highest BCUT2D eigenvalue weighted by Crippen LogP contribution is 2.42. The van der Waals surface area contributed by atoms with Crippen molar-refractivity contribution in [1.29, 1.82) is 0 Å². The summed E-state index contributed by atoms with van der Waals surface area (Å²) in [6, 6.07) is 1.12. The van der Waals surface area contributed by atoms with Gasteiger partial charge in [0.05, 0.1) is 0 Å². The number of nitrogens with two attached hydrogens (primary N) is 1. The summed E-state index contributed by atoms with van der Waals surface area (Å²) in [4.78, 5) is 0. The molecule has 0 saturated heterocycles. The third kappa shape index (κ3) is 1.57. The topological polar surface area (TPSA) is 46.2 Å². The molecular formula is C10H11F2NO. The SMILES string of the molecule is N[C@H](c1c(O)cc(F)cc1F)C1CC1. The predicted molar refractivity (Wildman–Crippen MR) is 47.7 cm³/mol. The van der Waals surface area contributed by atoms with Gasteiger partial charge in [0.2, 0.25) is 0 Å². The first kappa shape index (κ1) is 9.40. The van der Waals surface area contributed by atoms with E-state index in [4.69, 9.17) is 5.73 Å². The van der Waals surface area contributed by atoms with Crippen molar-refractivity contribution in [2.24, 2.45) is 11.7 Å². The molecule has 0 unspecified atom stereocenters. The summed E-state index contributed by atoms with van der Waals surface area (Å²) in [6.07, 6.45) is 1.88. The van der Waals surface area contributed by atoms with Crippen LogP contribution in [0.5, 0.6) is 5.75 Å². The summed E-state index contributed by atoms with van der Waals surface area (Å²) < 4.78 is 25.9. The van der Waals surface area contributed by atoms with E-state index in [1.807, 2.05) is 0 Å². The number of benzene rings is 1. The van der Waals surface area contributed by atoms with Gasteiger partial charge in [0.25, 0.3) is 0 Å². The largest absolute Gasteiger partial charge is 0.507 e. The average Bonchev–Trinajstić information content (AvgIpc) is 2.83. The number of aromatic hydroxyl groups is 1. The summed E-state index contributed by atoms with van der Waals surface area (Å²) in [5, 5.41) is 9.36. The zero-order valence-electron chi connectivity index (χ0n) is 7.50. The van der Waals surface area contributed by atoms with Crippen LogP contribution in [0.2, 0.25) is 0 Å². The van der Waals surface area contributed by atoms with Crippen LogP contribution in [-0.2, 0) is 0 Å². The second-order valence-corrected chi connectivity index (χ2v) is 3.68. The van der Waals surface area contributed by atoms with Gasteiger partial charge in [-0.25, -0.2) is 8.78 Å². The first-order valence-electron chi connectivity index (χ1n) is 4.53. The number of halogens is 2. The first-order chi connectivity index (χ1) is 6.59. The van der Waals surface area contributed by atoms with Crippen molar-refractivity contribution in [3.63, 3.8) is 0 Å². The molecule has 1 aromatic carbocycles. The molecule has 0 amide bonds. The van der Waals surface area contributed by atoms with Crippen molar-refractivity contribution < 1.29 is 13.9 Å². The summed E-state index contributed by atoms with van der Waals surface area (Å²) in [5.74, 6) is -1.71. The fourth-order valence-corrected chi connectivity index (χ4v) is 1.59. The van der Waals surface area contributed by atoms with Crippen LogP contribution in [0.4, 0.5) is 8.78 Å². The molecule has 0 heterocycles. The van der Waals surface area contributed by atoms with Crippen LogP contribution in [-0.4, -0.2) is 5.11 Å². The summed E-state index contributed by atoms with van der Waals surface area (Å²) in [6.45, 7) is 0. The molecule has 0 radical (unpaired) electrons. The van der Waals surface area contributed by atoms with E-state index in [0.717, 1.165) is 25.0 Å². The molecule has 0 spiro atoms. The van der Waals surface area contributed by atoms with Crippen molar-refractivity contribution in [1.82, 2.24) is 0 Å². The normalized spacial score (nSPS) is 18.2. The maximum absolute atomic E-state index is 13.3. The van der Waals surface area contributed by atoms with E-state index in [9.17, 15) is 13.9 Å². The molecule has 0 aliphatic heterocycles. The van der Waals surface area contributed by atoms with Crippen molar-refractivity contribution in [3.8, 4) is 5.75 Å². The van der Waals surface area contributed by atoms with Gasteiger partial charge in [0.15, 0.2) is 0 Å². The minimum absolute atomic E-state index is 0.0360. The molecule has 1 aliphatic rings. The molecule has 3 N–H and O–H groups in total. The number of rotatable bonds is 2. The van der Waals surface area contributed by atoms with E-state index in [1.54, 1.807) is 0 Å². The first-order valence-corrected chi connectivity index (χ1v) is 4.53. The molecule has 1 atom stereocenters. The Morgan fingerprint density at radius 3 is 2.50 bits per heavy atom. The molecule has 14 heavy (non-hydrogen) atoms. The lowest BCUT2D eigenvalue weighted by atomic mass is 10.0. The van der Waals surface area contributed by atoms with E-state index in [2.05, 4.69) is 0 Å². The summed E-state index contributed by atoms with van der Waals surface area (Å²) in [5.41, 5.74) is 5.77. The zero-order valence-corrected chi connectivity index (χ0v) is 7.50. The number of hydrogen-bond acceptors (Lipinski definition) is 2. The highest BCUT2D eigenvalue weighted by atomic mass is 19.1. The molecule has 76 valence electrons. The predicted octanol–water partition coefficient (Wildman–Crippen LogP) is 2.08. The number of phenols is 1. The Labute approximate surface area is 80.4 Å². The molecule has 0 bridgehead atoms. The Morgan fingerprint density at radius 2 is 2.00 bits per heavy atom. The quantitative estimate of drug-likeness (QED) is 0.766. The fraction of sp³-hybridized carbons (Fsp3) is 0.400. The number of hydrogen-bond donors (Lipinski definition) is 2. The summed E-state index contributed by atoms with van der Waals surface area (Å²) >= 11 is 0. The van der Waals surface area contributed by atoms with Crippen molar-refractivity contribution >= 4 is 0 Å². The van der Waals surface area contributed by atoms with E-state index in [0.29, 0.717) is 0 Å². The lowest BCUT2D eigenvalue weighted by Crippen LogP contribution is -2.14. The van der Waals surface area contributed by atoms with E-state index < -0.39 is 17.7 Å². The van der Waals surface area contributed by atoms with Crippen molar-refractivity contribution in [3.05, 3.63) is 29.3 Å². The van der Waals surface area contributed by atoms with Gasteiger partial charge in [-0.15, -0.1) is 0 Å². The Bertz CT molecular complexity index is 340. The maximum Gasteiger partial charge on any atom is 0.134 e. The van der Waals surface area contributed by atoms with Gasteiger partial charge in [-0.2, -0.15) is 0 Å². The summed E-state index contributed by atoms with van der Waals surface area (Å²) in [7, 11) is 0. The third-order valence-corrected chi connectivity index (χ3v) is 2.54. The molecule has 2 nitrogen and oxygen atoms in total. The van der Waals surface area contributed by atoms with Gasteiger partial charge in [-0.1, -0.05) is 0 Å². The van der Waals surface area contributed by atoms with Gasteiger partial charge in [-0.3, -0.25) is 0 Å². The van der Waals surface area contributed by atoms with Crippen LogP contribution in [0, 0.1) is 17.6 Å². The molecule has 1 fully saturated rings. The molecule has 1 saturated carbocycles. The number of phenolic OH excluding ortho intramolecular Hbond substituents is 1. The minimum atomic E-state index is -0.785. The van der Waals surface area contributed by atoms with Gasteiger partial charge < -0.3 is 10.8 Å². The molecule has 2 rings (SSSR count). The smallest absolute Gasteiger partial charge is 0.134 e. The van der Waals surface area contributed by atoms with Crippen LogP contribution in [0.15, 0.2) is 12.1 Å². The van der Waals surface area contributed by atoms with E-state index in [-0.39, 0.29) is 17.2 Å². The van der Waals surface area contributed by atoms with E-state index >= 15 is 0 Å². The standard InChI is InChI=1S/C10H11F2NO/c11-6-3-7(12)9(8(14)4-6)10(13)5-1-2-5/h3-5,10,14H,1-2,13H2/t10-/m0/s1. The van der Waals surface area contributed by atoms with Gasteiger partial charge in [-0.05, 0) is 18.8 Å². The van der Waals surface area contributed by atoms with Crippen LogP contribution in [0.1, 0.15) is 24.4 Å². The van der Waals surface area contributed by atoms with Crippen LogP contribution in [0.25, 0.3) is 0 Å². The molecular weight excluding hydrogens is 188 g/mol. The Kier molecular flexibility index (Phi) is 2.15. The van der Waals surface area contributed by atoms with Gasteiger partial charge >= 0.3 is 0 Å². The molecule has 0 aromatic heterocycles. The molecule has 1 aromatic rings. The van der Waals surface area contributed by atoms with Crippen molar-refractivity contribution in [2.75, 3.05) is 0 Å². The van der Waals surface area contributed by atoms with Crippen LogP contribution in [0.3, 0.4) is 0 Å². The lowest BCUT2D eigenvalue weighted by Gasteiger charge is -2.13.